The van der Waals surface area contributed by atoms with Gasteiger partial charge in [0.2, 0.25) is 0 Å². The highest BCUT2D eigenvalue weighted by atomic mass is 16.5. The number of hydrogen-bond donors (Lipinski definition) is 0. The monoisotopic (exact) mass is 376 g/mol. The number of carbonyl (C=O) groups excluding carboxylic acids is 1. The van der Waals surface area contributed by atoms with E-state index in [2.05, 4.69) is 18.7 Å². The number of carbonyl (C=O) groups is 1. The van der Waals surface area contributed by atoms with E-state index in [-0.39, 0.29) is 5.91 Å². The summed E-state index contributed by atoms with van der Waals surface area (Å²) in [6.07, 6.45) is 2.23. The molecule has 1 amide bonds. The summed E-state index contributed by atoms with van der Waals surface area (Å²) >= 11 is 0. The summed E-state index contributed by atoms with van der Waals surface area (Å²) < 4.78 is 10.9. The molecule has 0 saturated carbocycles. The van der Waals surface area contributed by atoms with Gasteiger partial charge in [-0.05, 0) is 36.5 Å². The molecule has 0 N–H and O–H groups in total. The van der Waals surface area contributed by atoms with E-state index in [1.165, 1.54) is 0 Å². The second-order valence-electron chi connectivity index (χ2n) is 7.28. The number of ether oxygens (including phenoxy) is 2. The summed E-state index contributed by atoms with van der Waals surface area (Å²) in [4.78, 5) is 17.4. The zero-order valence-electron chi connectivity index (χ0n) is 17.7. The highest BCUT2D eigenvalue weighted by molar-refractivity contribution is 5.94. The van der Waals surface area contributed by atoms with Crippen molar-refractivity contribution < 1.29 is 14.3 Å². The van der Waals surface area contributed by atoms with Crippen LogP contribution in [0.3, 0.4) is 0 Å². The minimum absolute atomic E-state index is 0.111. The Morgan fingerprint density at radius 3 is 2.30 bits per heavy atom. The third kappa shape index (κ3) is 5.45. The first-order valence-electron chi connectivity index (χ1n) is 10.4. The van der Waals surface area contributed by atoms with Crippen LogP contribution in [0.15, 0.2) is 18.2 Å². The molecule has 2 heterocycles. The molecule has 1 aromatic rings. The lowest BCUT2D eigenvalue weighted by Crippen LogP contribution is -2.53. The van der Waals surface area contributed by atoms with E-state index in [0.717, 1.165) is 69.1 Å². The van der Waals surface area contributed by atoms with Crippen molar-refractivity contribution >= 4 is 5.91 Å². The fourth-order valence-corrected chi connectivity index (χ4v) is 3.84. The summed E-state index contributed by atoms with van der Waals surface area (Å²) in [7, 11) is 1.67. The molecule has 2 aliphatic heterocycles. The number of methoxy groups -OCH3 is 1. The van der Waals surface area contributed by atoms with Crippen LogP contribution in [-0.4, -0.2) is 68.3 Å². The fourth-order valence-electron chi connectivity index (χ4n) is 3.84. The maximum atomic E-state index is 12.9. The highest BCUT2D eigenvalue weighted by Gasteiger charge is 2.28. The Labute approximate surface area is 164 Å². The number of nitrogens with zero attached hydrogens (tertiary/aromatic N) is 2. The predicted molar refractivity (Wildman–Crippen MR) is 110 cm³/mol. The number of piperazine rings is 1. The van der Waals surface area contributed by atoms with Crippen LogP contribution in [0, 0.1) is 0 Å². The molecule has 0 aliphatic carbocycles. The number of rotatable bonds is 4. The van der Waals surface area contributed by atoms with Crippen molar-refractivity contribution in [2.75, 3.05) is 46.5 Å². The molecule has 2 saturated heterocycles. The molecular weight excluding hydrogens is 340 g/mol. The molecule has 2 fully saturated rings. The van der Waals surface area contributed by atoms with Crippen molar-refractivity contribution in [2.24, 2.45) is 0 Å². The maximum absolute atomic E-state index is 12.9. The van der Waals surface area contributed by atoms with Crippen molar-refractivity contribution in [3.63, 3.8) is 0 Å². The van der Waals surface area contributed by atoms with Gasteiger partial charge in [-0.3, -0.25) is 9.69 Å². The number of amides is 1. The van der Waals surface area contributed by atoms with Crippen molar-refractivity contribution in [1.29, 1.82) is 0 Å². The van der Waals surface area contributed by atoms with E-state index in [4.69, 9.17) is 9.47 Å². The molecule has 2 aliphatic rings. The van der Waals surface area contributed by atoms with Gasteiger partial charge in [-0.2, -0.15) is 0 Å². The van der Waals surface area contributed by atoms with Crippen LogP contribution in [-0.2, 0) is 4.74 Å². The molecule has 5 heteroatoms. The minimum Gasteiger partial charge on any atom is -0.496 e. The van der Waals surface area contributed by atoms with Gasteiger partial charge in [0.1, 0.15) is 5.75 Å². The molecule has 5 nitrogen and oxygen atoms in total. The highest BCUT2D eigenvalue weighted by Crippen LogP contribution is 2.28. The molecule has 0 unspecified atom stereocenters. The standard InChI is InChI=1S/C20H30N2O3.C2H6/c1-15(2)18-5-4-16(14-19(18)24-3)20(23)22-10-8-21(9-11-22)17-6-12-25-13-7-17;1-2/h4-5,14-15,17H,6-13H2,1-3H3;1-2H3. The lowest BCUT2D eigenvalue weighted by atomic mass is 9.99. The molecule has 3 rings (SSSR count). The van der Waals surface area contributed by atoms with Gasteiger partial charge in [0.25, 0.3) is 5.91 Å². The van der Waals surface area contributed by atoms with Gasteiger partial charge in [-0.1, -0.05) is 33.8 Å². The van der Waals surface area contributed by atoms with Crippen LogP contribution in [0.25, 0.3) is 0 Å². The van der Waals surface area contributed by atoms with E-state index in [9.17, 15) is 4.79 Å². The summed E-state index contributed by atoms with van der Waals surface area (Å²) in [5, 5.41) is 0. The maximum Gasteiger partial charge on any atom is 0.254 e. The van der Waals surface area contributed by atoms with Gasteiger partial charge in [0.15, 0.2) is 0 Å². The minimum atomic E-state index is 0.111. The Morgan fingerprint density at radius 1 is 1.11 bits per heavy atom. The molecule has 0 aromatic heterocycles. The van der Waals surface area contributed by atoms with E-state index >= 15 is 0 Å². The Kier molecular flexibility index (Phi) is 8.58. The summed E-state index contributed by atoms with van der Waals surface area (Å²) in [6, 6.07) is 6.47. The zero-order chi connectivity index (χ0) is 19.8. The molecule has 1 aromatic carbocycles. The van der Waals surface area contributed by atoms with Crippen LogP contribution >= 0.6 is 0 Å². The molecule has 0 atom stereocenters. The summed E-state index contributed by atoms with van der Waals surface area (Å²) in [6.45, 7) is 13.5. The Bertz CT molecular complexity index is 589. The van der Waals surface area contributed by atoms with Gasteiger partial charge >= 0.3 is 0 Å². The van der Waals surface area contributed by atoms with Gasteiger partial charge in [0.05, 0.1) is 7.11 Å². The van der Waals surface area contributed by atoms with Gasteiger partial charge < -0.3 is 14.4 Å². The second kappa shape index (κ2) is 10.7. The summed E-state index contributed by atoms with van der Waals surface area (Å²) in [5.41, 5.74) is 1.86. The van der Waals surface area contributed by atoms with E-state index < -0.39 is 0 Å². The third-order valence-electron chi connectivity index (χ3n) is 5.41. The largest absolute Gasteiger partial charge is 0.496 e. The van der Waals surface area contributed by atoms with Crippen LogP contribution < -0.4 is 4.74 Å². The molecule has 27 heavy (non-hydrogen) atoms. The average molecular weight is 377 g/mol. The van der Waals surface area contributed by atoms with Crippen LogP contribution in [0.2, 0.25) is 0 Å². The second-order valence-corrected chi connectivity index (χ2v) is 7.28. The van der Waals surface area contributed by atoms with Gasteiger partial charge in [-0.25, -0.2) is 0 Å². The van der Waals surface area contributed by atoms with Crippen molar-refractivity contribution in [3.05, 3.63) is 29.3 Å². The van der Waals surface area contributed by atoms with Crippen molar-refractivity contribution in [1.82, 2.24) is 9.80 Å². The summed E-state index contributed by atoms with van der Waals surface area (Å²) in [5.74, 6) is 1.30. The Morgan fingerprint density at radius 2 is 1.74 bits per heavy atom. The molecular formula is C22H36N2O3. The van der Waals surface area contributed by atoms with Crippen LogP contribution in [0.1, 0.15) is 62.4 Å². The normalized spacial score (nSPS) is 18.8. The van der Waals surface area contributed by atoms with Gasteiger partial charge in [-0.15, -0.1) is 0 Å². The molecule has 0 spiro atoms. The Hall–Kier alpha value is -1.59. The van der Waals surface area contributed by atoms with E-state index in [0.29, 0.717) is 12.0 Å². The van der Waals surface area contributed by atoms with Crippen LogP contribution in [0.4, 0.5) is 0 Å². The molecule has 152 valence electrons. The van der Waals surface area contributed by atoms with Gasteiger partial charge in [0, 0.05) is 51.0 Å². The number of benzene rings is 1. The lowest BCUT2D eigenvalue weighted by molar-refractivity contribution is 0.0137. The van der Waals surface area contributed by atoms with Crippen molar-refractivity contribution in [2.45, 2.75) is 52.5 Å². The van der Waals surface area contributed by atoms with E-state index in [1.807, 2.05) is 36.9 Å². The third-order valence-corrected chi connectivity index (χ3v) is 5.41. The first-order valence-corrected chi connectivity index (χ1v) is 10.4. The number of hydrogen-bond acceptors (Lipinski definition) is 4. The smallest absolute Gasteiger partial charge is 0.254 e. The predicted octanol–water partition coefficient (Wildman–Crippen LogP) is 3.78. The SMILES string of the molecule is CC.COc1cc(C(=O)N2CCN(C3CCOCC3)CC2)ccc1C(C)C. The topological polar surface area (TPSA) is 42.0 Å². The zero-order valence-corrected chi connectivity index (χ0v) is 17.7. The first kappa shape index (κ1) is 21.7. The lowest BCUT2D eigenvalue weighted by Gasteiger charge is -2.40. The Balaban J connectivity index is 0.00000126. The first-order chi connectivity index (χ1) is 13.1. The molecule has 0 bridgehead atoms. The quantitative estimate of drug-likeness (QED) is 0.802. The average Bonchev–Trinajstić information content (AvgIpc) is 2.74. The van der Waals surface area contributed by atoms with Crippen LogP contribution in [0.5, 0.6) is 5.75 Å². The fraction of sp³-hybridized carbons (Fsp3) is 0.682. The van der Waals surface area contributed by atoms with E-state index in [1.54, 1.807) is 7.11 Å². The molecule has 0 radical (unpaired) electrons. The van der Waals surface area contributed by atoms with Crippen molar-refractivity contribution in [3.8, 4) is 5.75 Å².